The van der Waals surface area contributed by atoms with Crippen LogP contribution in [0.1, 0.15) is 84.5 Å². The van der Waals surface area contributed by atoms with E-state index in [1.54, 1.807) is 0 Å². The molecule has 0 spiro atoms. The molecule has 0 N–H and O–H groups in total. The summed E-state index contributed by atoms with van der Waals surface area (Å²) < 4.78 is 0. The fourth-order valence-electron chi connectivity index (χ4n) is 2.04. The molecular weight excluding hydrogens is 220 g/mol. The van der Waals surface area contributed by atoms with Crippen LogP contribution in [-0.2, 0) is 4.79 Å². The van der Waals surface area contributed by atoms with Gasteiger partial charge in [0, 0.05) is 6.42 Å². The average Bonchev–Trinajstić information content (AvgIpc) is 2.39. The third-order valence-electron chi connectivity index (χ3n) is 3.62. The first-order chi connectivity index (χ1) is 8.81. The summed E-state index contributed by atoms with van der Waals surface area (Å²) in [7, 11) is 0. The normalized spacial score (nSPS) is 13.0. The van der Waals surface area contributed by atoms with E-state index < -0.39 is 0 Å². The molecule has 106 valence electrons. The number of carbonyl (C=O) groups excluding carboxylic acids is 1. The van der Waals surface area contributed by atoms with Crippen LogP contribution < -0.4 is 0 Å². The second-order valence-electron chi connectivity index (χ2n) is 5.43. The zero-order chi connectivity index (χ0) is 13.5. The summed E-state index contributed by atoms with van der Waals surface area (Å²) in [6.07, 6.45) is 19.2. The van der Waals surface area contributed by atoms with E-state index in [-0.39, 0.29) is 0 Å². The Bertz CT molecular complexity index is 196. The minimum Gasteiger partial charge on any atom is -0.303 e. The topological polar surface area (TPSA) is 17.1 Å². The van der Waals surface area contributed by atoms with Crippen molar-refractivity contribution in [2.75, 3.05) is 0 Å². The molecule has 0 amide bonds. The van der Waals surface area contributed by atoms with Gasteiger partial charge in [-0.05, 0) is 38.0 Å². The van der Waals surface area contributed by atoms with Crippen LogP contribution in [-0.4, -0.2) is 6.29 Å². The molecule has 0 aromatic heterocycles. The van der Waals surface area contributed by atoms with Gasteiger partial charge in [-0.15, -0.1) is 0 Å². The van der Waals surface area contributed by atoms with E-state index in [2.05, 4.69) is 26.0 Å². The summed E-state index contributed by atoms with van der Waals surface area (Å²) in [6.45, 7) is 4.63. The number of hydrogen-bond donors (Lipinski definition) is 0. The second kappa shape index (κ2) is 14.5. The lowest BCUT2D eigenvalue weighted by Gasteiger charge is -2.06. The Hall–Kier alpha value is -0.590. The summed E-state index contributed by atoms with van der Waals surface area (Å²) in [5.74, 6) is 0.903. The van der Waals surface area contributed by atoms with Crippen molar-refractivity contribution < 1.29 is 4.79 Å². The lowest BCUT2D eigenvalue weighted by atomic mass is 10.0. The molecule has 0 radical (unpaired) electrons. The Morgan fingerprint density at radius 2 is 1.39 bits per heavy atom. The third-order valence-corrected chi connectivity index (χ3v) is 3.62. The first-order valence-corrected chi connectivity index (χ1v) is 7.89. The summed E-state index contributed by atoms with van der Waals surface area (Å²) in [5.41, 5.74) is 0. The number of aldehydes is 1. The minimum absolute atomic E-state index is 0.742. The van der Waals surface area contributed by atoms with Gasteiger partial charge < -0.3 is 4.79 Å². The SMILES string of the molecule is CC[C@H](C)CCCCC=CCCCCCCC=O. The van der Waals surface area contributed by atoms with Crippen molar-refractivity contribution in [3.8, 4) is 0 Å². The Labute approximate surface area is 114 Å². The van der Waals surface area contributed by atoms with Crippen LogP contribution in [0.2, 0.25) is 0 Å². The molecule has 0 saturated carbocycles. The minimum atomic E-state index is 0.742. The molecule has 1 atom stereocenters. The Balaban J connectivity index is 3.11. The quantitative estimate of drug-likeness (QED) is 0.234. The summed E-state index contributed by atoms with van der Waals surface area (Å²) in [5, 5.41) is 0. The number of unbranched alkanes of at least 4 members (excludes halogenated alkanes) is 7. The van der Waals surface area contributed by atoms with Crippen molar-refractivity contribution in [3.63, 3.8) is 0 Å². The lowest BCUT2D eigenvalue weighted by molar-refractivity contribution is -0.107. The first kappa shape index (κ1) is 17.4. The molecule has 1 nitrogen and oxygen atoms in total. The van der Waals surface area contributed by atoms with Gasteiger partial charge in [0.2, 0.25) is 0 Å². The molecule has 0 aliphatic rings. The van der Waals surface area contributed by atoms with Crippen LogP contribution in [0.3, 0.4) is 0 Å². The maximum Gasteiger partial charge on any atom is 0.119 e. The number of allylic oxidation sites excluding steroid dienone is 2. The summed E-state index contributed by atoms with van der Waals surface area (Å²) in [6, 6.07) is 0. The molecule has 0 aromatic rings. The van der Waals surface area contributed by atoms with E-state index in [0.717, 1.165) is 25.0 Å². The lowest BCUT2D eigenvalue weighted by Crippen LogP contribution is -1.90. The molecule has 0 fully saturated rings. The van der Waals surface area contributed by atoms with Crippen molar-refractivity contribution in [1.29, 1.82) is 0 Å². The Morgan fingerprint density at radius 1 is 0.833 bits per heavy atom. The van der Waals surface area contributed by atoms with Gasteiger partial charge in [0.15, 0.2) is 0 Å². The number of rotatable bonds is 13. The van der Waals surface area contributed by atoms with Gasteiger partial charge in [-0.2, -0.15) is 0 Å². The highest BCUT2D eigenvalue weighted by atomic mass is 16.1. The van der Waals surface area contributed by atoms with Crippen LogP contribution in [0, 0.1) is 5.92 Å². The van der Waals surface area contributed by atoms with E-state index in [1.807, 2.05) is 0 Å². The number of carbonyl (C=O) groups is 1. The largest absolute Gasteiger partial charge is 0.303 e. The zero-order valence-electron chi connectivity index (χ0n) is 12.5. The zero-order valence-corrected chi connectivity index (χ0v) is 12.5. The van der Waals surface area contributed by atoms with Gasteiger partial charge in [0.1, 0.15) is 6.29 Å². The van der Waals surface area contributed by atoms with Gasteiger partial charge in [-0.3, -0.25) is 0 Å². The monoisotopic (exact) mass is 252 g/mol. The van der Waals surface area contributed by atoms with Crippen LogP contribution in [0.5, 0.6) is 0 Å². The Morgan fingerprint density at radius 3 is 1.94 bits per heavy atom. The number of hydrogen-bond acceptors (Lipinski definition) is 1. The molecule has 0 saturated heterocycles. The first-order valence-electron chi connectivity index (χ1n) is 7.89. The maximum absolute atomic E-state index is 10.1. The van der Waals surface area contributed by atoms with Crippen LogP contribution in [0.15, 0.2) is 12.2 Å². The molecule has 0 aliphatic carbocycles. The van der Waals surface area contributed by atoms with Crippen molar-refractivity contribution >= 4 is 6.29 Å². The molecule has 1 heteroatoms. The maximum atomic E-state index is 10.1. The van der Waals surface area contributed by atoms with Crippen molar-refractivity contribution in [1.82, 2.24) is 0 Å². The van der Waals surface area contributed by atoms with Gasteiger partial charge >= 0.3 is 0 Å². The molecule has 0 unspecified atom stereocenters. The van der Waals surface area contributed by atoms with Gasteiger partial charge in [-0.1, -0.05) is 58.1 Å². The van der Waals surface area contributed by atoms with Crippen LogP contribution in [0.25, 0.3) is 0 Å². The molecule has 0 rings (SSSR count). The average molecular weight is 252 g/mol. The van der Waals surface area contributed by atoms with E-state index in [9.17, 15) is 4.79 Å². The molecule has 0 aromatic carbocycles. The summed E-state index contributed by atoms with van der Waals surface area (Å²) >= 11 is 0. The van der Waals surface area contributed by atoms with Crippen molar-refractivity contribution in [3.05, 3.63) is 12.2 Å². The van der Waals surface area contributed by atoms with Gasteiger partial charge in [0.05, 0.1) is 0 Å². The standard InChI is InChI=1S/C17H32O/c1-3-17(2)15-13-11-9-7-5-4-6-8-10-12-14-16-18/h5,7,16-17H,3-4,6,8-15H2,1-2H3/t17-/m0/s1. The Kier molecular flexibility index (Phi) is 14.0. The van der Waals surface area contributed by atoms with Gasteiger partial charge in [0.25, 0.3) is 0 Å². The highest BCUT2D eigenvalue weighted by Crippen LogP contribution is 2.12. The summed E-state index contributed by atoms with van der Waals surface area (Å²) in [4.78, 5) is 10.1. The smallest absolute Gasteiger partial charge is 0.119 e. The van der Waals surface area contributed by atoms with E-state index in [4.69, 9.17) is 0 Å². The fraction of sp³-hybridized carbons (Fsp3) is 0.824. The third kappa shape index (κ3) is 13.5. The predicted molar refractivity (Wildman–Crippen MR) is 80.8 cm³/mol. The molecular formula is C17H32O. The predicted octanol–water partition coefficient (Wildman–Crippen LogP) is 5.69. The molecule has 0 bridgehead atoms. The molecule has 18 heavy (non-hydrogen) atoms. The van der Waals surface area contributed by atoms with Crippen molar-refractivity contribution in [2.24, 2.45) is 5.92 Å². The second-order valence-corrected chi connectivity index (χ2v) is 5.43. The van der Waals surface area contributed by atoms with E-state index >= 15 is 0 Å². The van der Waals surface area contributed by atoms with Crippen molar-refractivity contribution in [2.45, 2.75) is 84.5 Å². The highest BCUT2D eigenvalue weighted by Gasteiger charge is 1.96. The highest BCUT2D eigenvalue weighted by molar-refractivity contribution is 5.48. The molecule has 0 heterocycles. The van der Waals surface area contributed by atoms with Crippen LogP contribution in [0.4, 0.5) is 0 Å². The fourth-order valence-corrected chi connectivity index (χ4v) is 2.04. The van der Waals surface area contributed by atoms with E-state index in [1.165, 1.54) is 57.8 Å². The molecule has 0 aliphatic heterocycles. The van der Waals surface area contributed by atoms with E-state index in [0.29, 0.717) is 0 Å². The van der Waals surface area contributed by atoms with Crippen LogP contribution >= 0.6 is 0 Å². The van der Waals surface area contributed by atoms with Gasteiger partial charge in [-0.25, -0.2) is 0 Å².